The molecule has 96 valence electrons. The van der Waals surface area contributed by atoms with Crippen molar-refractivity contribution in [2.75, 3.05) is 13.1 Å². The molecule has 1 fully saturated rings. The molecule has 0 aromatic carbocycles. The first-order chi connectivity index (χ1) is 8.00. The number of aliphatic hydroxyl groups is 1. The molecule has 1 aliphatic rings. The van der Waals surface area contributed by atoms with Gasteiger partial charge in [0.1, 0.15) is 0 Å². The zero-order chi connectivity index (χ0) is 12.5. The number of aromatic nitrogens is 2. The lowest BCUT2D eigenvalue weighted by Crippen LogP contribution is -2.29. The average molecular weight is 237 g/mol. The minimum Gasteiger partial charge on any atom is -0.389 e. The van der Waals surface area contributed by atoms with Crippen molar-refractivity contribution in [1.29, 1.82) is 0 Å². The van der Waals surface area contributed by atoms with Crippen molar-refractivity contribution < 1.29 is 5.11 Å². The number of rotatable bonds is 4. The number of nitrogens with zero attached hydrogens (tertiary/aromatic N) is 3. The van der Waals surface area contributed by atoms with Gasteiger partial charge in [0.25, 0.3) is 0 Å². The normalized spacial score (nSPS) is 27.5. The summed E-state index contributed by atoms with van der Waals surface area (Å²) in [5.41, 5.74) is 0.585. The minimum atomic E-state index is -0.515. The maximum absolute atomic E-state index is 9.91. The fourth-order valence-corrected chi connectivity index (χ4v) is 2.30. The van der Waals surface area contributed by atoms with E-state index in [1.165, 1.54) is 0 Å². The fraction of sp³-hybridized carbons (Fsp3) is 0.769. The molecule has 2 atom stereocenters. The van der Waals surface area contributed by atoms with E-state index in [1.807, 2.05) is 11.6 Å². The predicted molar refractivity (Wildman–Crippen MR) is 67.7 cm³/mol. The molecular weight excluding hydrogens is 214 g/mol. The van der Waals surface area contributed by atoms with Gasteiger partial charge < -0.3 is 5.11 Å². The highest BCUT2D eigenvalue weighted by Gasteiger charge is 2.31. The van der Waals surface area contributed by atoms with E-state index < -0.39 is 5.60 Å². The van der Waals surface area contributed by atoms with Crippen LogP contribution in [0.2, 0.25) is 0 Å². The van der Waals surface area contributed by atoms with Crippen LogP contribution in [0.5, 0.6) is 0 Å². The van der Waals surface area contributed by atoms with Crippen molar-refractivity contribution in [1.82, 2.24) is 14.7 Å². The number of likely N-dealkylation sites (tertiary alicyclic amines) is 1. The summed E-state index contributed by atoms with van der Waals surface area (Å²) in [5.74, 6) is 0. The maximum atomic E-state index is 9.91. The molecule has 2 unspecified atom stereocenters. The van der Waals surface area contributed by atoms with Crippen molar-refractivity contribution in [2.24, 2.45) is 0 Å². The van der Waals surface area contributed by atoms with E-state index in [1.54, 1.807) is 0 Å². The van der Waals surface area contributed by atoms with Gasteiger partial charge in [0.15, 0.2) is 0 Å². The third-order valence-corrected chi connectivity index (χ3v) is 3.62. The minimum absolute atomic E-state index is 0.463. The second-order valence-electron chi connectivity index (χ2n) is 5.50. The van der Waals surface area contributed by atoms with E-state index in [9.17, 15) is 5.11 Å². The van der Waals surface area contributed by atoms with Gasteiger partial charge in [0, 0.05) is 31.9 Å². The van der Waals surface area contributed by atoms with E-state index >= 15 is 0 Å². The van der Waals surface area contributed by atoms with Crippen LogP contribution in [0.25, 0.3) is 0 Å². The van der Waals surface area contributed by atoms with Gasteiger partial charge >= 0.3 is 0 Å². The summed E-state index contributed by atoms with van der Waals surface area (Å²) in [7, 11) is 0. The average Bonchev–Trinajstić information content (AvgIpc) is 2.85. The molecule has 0 radical (unpaired) electrons. The zero-order valence-electron chi connectivity index (χ0n) is 11.1. The van der Waals surface area contributed by atoms with Gasteiger partial charge in [-0.3, -0.25) is 9.58 Å². The maximum Gasteiger partial charge on any atom is 0.0764 e. The van der Waals surface area contributed by atoms with Crippen LogP contribution in [0, 0.1) is 0 Å². The number of β-amino-alcohol motifs (C(OH)–C–C–N with tert-alkyl or cyclic N) is 1. The Hall–Kier alpha value is -0.870. The second kappa shape index (κ2) is 4.78. The van der Waals surface area contributed by atoms with Gasteiger partial charge in [-0.1, -0.05) is 6.92 Å². The topological polar surface area (TPSA) is 41.3 Å². The number of hydrogen-bond acceptors (Lipinski definition) is 3. The smallest absolute Gasteiger partial charge is 0.0764 e. The number of hydrogen-bond donors (Lipinski definition) is 1. The molecule has 2 rings (SSSR count). The Labute approximate surface area is 103 Å². The van der Waals surface area contributed by atoms with Gasteiger partial charge in [-0.2, -0.15) is 5.10 Å². The summed E-state index contributed by atoms with van der Waals surface area (Å²) in [6, 6.07) is 2.55. The summed E-state index contributed by atoms with van der Waals surface area (Å²) in [5, 5.41) is 14.5. The molecule has 0 aliphatic carbocycles. The molecule has 1 aromatic heterocycles. The quantitative estimate of drug-likeness (QED) is 0.868. The van der Waals surface area contributed by atoms with Crippen LogP contribution >= 0.6 is 0 Å². The van der Waals surface area contributed by atoms with Gasteiger partial charge in [0.2, 0.25) is 0 Å². The molecule has 4 heteroatoms. The molecule has 1 saturated heterocycles. The Bertz CT molecular complexity index is 372. The van der Waals surface area contributed by atoms with E-state index in [4.69, 9.17) is 0 Å². The summed E-state index contributed by atoms with van der Waals surface area (Å²) >= 11 is 0. The van der Waals surface area contributed by atoms with Gasteiger partial charge in [-0.25, -0.2) is 0 Å². The molecule has 2 heterocycles. The highest BCUT2D eigenvalue weighted by Crippen LogP contribution is 2.21. The van der Waals surface area contributed by atoms with Crippen LogP contribution in [0.4, 0.5) is 0 Å². The Morgan fingerprint density at radius 3 is 2.94 bits per heavy atom. The molecular formula is C13H23N3O. The lowest BCUT2D eigenvalue weighted by Gasteiger charge is -2.17. The molecule has 17 heavy (non-hydrogen) atoms. The molecule has 4 nitrogen and oxygen atoms in total. The highest BCUT2D eigenvalue weighted by molar-refractivity contribution is 5.01. The fourth-order valence-electron chi connectivity index (χ4n) is 2.30. The van der Waals surface area contributed by atoms with Gasteiger partial charge in [0.05, 0.1) is 11.3 Å². The monoisotopic (exact) mass is 237 g/mol. The van der Waals surface area contributed by atoms with E-state index in [0.717, 1.165) is 38.2 Å². The third kappa shape index (κ3) is 3.07. The van der Waals surface area contributed by atoms with E-state index in [0.29, 0.717) is 6.04 Å². The van der Waals surface area contributed by atoms with Crippen LogP contribution < -0.4 is 0 Å². The first-order valence-electron chi connectivity index (χ1n) is 6.49. The zero-order valence-corrected chi connectivity index (χ0v) is 11.1. The molecule has 1 N–H and O–H groups in total. The summed E-state index contributed by atoms with van der Waals surface area (Å²) in [4.78, 5) is 2.27. The SMILES string of the molecule is CCC(C)n1ccc(CN2CCC(C)(O)C2)n1. The van der Waals surface area contributed by atoms with Crippen LogP contribution in [0.15, 0.2) is 12.3 Å². The molecule has 1 aliphatic heterocycles. The second-order valence-corrected chi connectivity index (χ2v) is 5.50. The van der Waals surface area contributed by atoms with Crippen molar-refractivity contribution in [3.8, 4) is 0 Å². The summed E-state index contributed by atoms with van der Waals surface area (Å²) in [6.45, 7) is 8.82. The van der Waals surface area contributed by atoms with Gasteiger partial charge in [-0.05, 0) is 32.8 Å². The van der Waals surface area contributed by atoms with Crippen molar-refractivity contribution in [3.05, 3.63) is 18.0 Å². The van der Waals surface area contributed by atoms with Crippen molar-refractivity contribution >= 4 is 0 Å². The predicted octanol–water partition coefficient (Wildman–Crippen LogP) is 1.81. The van der Waals surface area contributed by atoms with E-state index in [2.05, 4.69) is 36.1 Å². The molecule has 0 amide bonds. The molecule has 0 spiro atoms. The standard InChI is InChI=1S/C13H23N3O/c1-4-11(2)16-7-5-12(14-16)9-15-8-6-13(3,17)10-15/h5,7,11,17H,4,6,8-10H2,1-3H3. The molecule has 0 saturated carbocycles. The van der Waals surface area contributed by atoms with E-state index in [-0.39, 0.29) is 0 Å². The lowest BCUT2D eigenvalue weighted by molar-refractivity contribution is 0.0677. The Morgan fingerprint density at radius 1 is 1.59 bits per heavy atom. The third-order valence-electron chi connectivity index (χ3n) is 3.62. The summed E-state index contributed by atoms with van der Waals surface area (Å²) in [6.07, 6.45) is 4.01. The summed E-state index contributed by atoms with van der Waals surface area (Å²) < 4.78 is 2.03. The largest absolute Gasteiger partial charge is 0.389 e. The molecule has 1 aromatic rings. The Kier molecular flexibility index (Phi) is 3.54. The first kappa shape index (κ1) is 12.6. The van der Waals surface area contributed by atoms with Crippen molar-refractivity contribution in [3.63, 3.8) is 0 Å². The highest BCUT2D eigenvalue weighted by atomic mass is 16.3. The van der Waals surface area contributed by atoms with Crippen LogP contribution in [-0.2, 0) is 6.54 Å². The first-order valence-corrected chi connectivity index (χ1v) is 6.49. The van der Waals surface area contributed by atoms with Crippen LogP contribution in [0.3, 0.4) is 0 Å². The Morgan fingerprint density at radius 2 is 2.35 bits per heavy atom. The molecule has 0 bridgehead atoms. The van der Waals surface area contributed by atoms with Crippen LogP contribution in [-0.4, -0.2) is 38.5 Å². The van der Waals surface area contributed by atoms with Gasteiger partial charge in [-0.15, -0.1) is 0 Å². The lowest BCUT2D eigenvalue weighted by atomic mass is 10.1. The van der Waals surface area contributed by atoms with Crippen molar-refractivity contribution in [2.45, 2.75) is 51.8 Å². The Balaban J connectivity index is 1.94. The van der Waals surface area contributed by atoms with Crippen LogP contribution in [0.1, 0.15) is 45.3 Å².